The fourth-order valence-corrected chi connectivity index (χ4v) is 3.85. The molecule has 3 aromatic carbocycles. The second kappa shape index (κ2) is 9.67. The van der Waals surface area contributed by atoms with Crippen molar-refractivity contribution in [3.8, 4) is 5.75 Å². The maximum absolute atomic E-state index is 12.7. The van der Waals surface area contributed by atoms with E-state index in [1.54, 1.807) is 24.9 Å². The Morgan fingerprint density at radius 1 is 1.07 bits per heavy atom. The largest absolute Gasteiger partial charge is 0.496 e. The molecular weight excluding hydrogens is 390 g/mol. The van der Waals surface area contributed by atoms with Gasteiger partial charge in [0, 0.05) is 26.8 Å². The molecule has 3 rings (SSSR count). The summed E-state index contributed by atoms with van der Waals surface area (Å²) in [6.45, 7) is 1.96. The van der Waals surface area contributed by atoms with Crippen LogP contribution in [0, 0.1) is 0 Å². The van der Waals surface area contributed by atoms with Crippen LogP contribution in [0.1, 0.15) is 34.5 Å². The van der Waals surface area contributed by atoms with Gasteiger partial charge in [0.15, 0.2) is 0 Å². The average molecular weight is 412 g/mol. The molecule has 0 aromatic heterocycles. The van der Waals surface area contributed by atoms with Gasteiger partial charge in [-0.15, -0.1) is 11.8 Å². The van der Waals surface area contributed by atoms with E-state index in [1.807, 2.05) is 61.5 Å². The van der Waals surface area contributed by atoms with Crippen LogP contribution in [-0.4, -0.2) is 13.0 Å². The highest BCUT2D eigenvalue weighted by Gasteiger charge is 2.14. The van der Waals surface area contributed by atoms with Crippen LogP contribution >= 0.6 is 23.4 Å². The van der Waals surface area contributed by atoms with E-state index in [4.69, 9.17) is 16.3 Å². The summed E-state index contributed by atoms with van der Waals surface area (Å²) in [6, 6.07) is 23.1. The van der Waals surface area contributed by atoms with E-state index in [0.717, 1.165) is 22.6 Å². The summed E-state index contributed by atoms with van der Waals surface area (Å²) in [6.07, 6.45) is 0. The first-order valence-corrected chi connectivity index (χ1v) is 10.3. The molecule has 0 radical (unpaired) electrons. The number of carbonyl (C=O) groups excluding carboxylic acids is 1. The molecule has 3 nitrogen and oxygen atoms in total. The van der Waals surface area contributed by atoms with Crippen molar-refractivity contribution in [3.63, 3.8) is 0 Å². The van der Waals surface area contributed by atoms with E-state index in [1.165, 1.54) is 4.90 Å². The van der Waals surface area contributed by atoms with Crippen LogP contribution in [-0.2, 0) is 5.75 Å². The molecule has 0 spiro atoms. The van der Waals surface area contributed by atoms with Crippen LogP contribution in [0.25, 0.3) is 0 Å². The summed E-state index contributed by atoms with van der Waals surface area (Å²) >= 11 is 7.65. The normalized spacial score (nSPS) is 11.7. The van der Waals surface area contributed by atoms with Gasteiger partial charge in [0.1, 0.15) is 5.75 Å². The third kappa shape index (κ3) is 5.31. The van der Waals surface area contributed by atoms with E-state index in [2.05, 4.69) is 17.4 Å². The van der Waals surface area contributed by atoms with Gasteiger partial charge in [0.25, 0.3) is 5.91 Å². The number of benzene rings is 3. The molecule has 1 N–H and O–H groups in total. The molecule has 1 atom stereocenters. The number of hydrogen-bond donors (Lipinski definition) is 1. The Morgan fingerprint density at radius 3 is 2.46 bits per heavy atom. The summed E-state index contributed by atoms with van der Waals surface area (Å²) in [7, 11) is 1.65. The third-order valence-corrected chi connectivity index (χ3v) is 5.71. The molecule has 0 aliphatic rings. The highest BCUT2D eigenvalue weighted by atomic mass is 35.5. The van der Waals surface area contributed by atoms with Gasteiger partial charge in [-0.3, -0.25) is 4.79 Å². The number of nitrogens with one attached hydrogen (secondary N) is 1. The summed E-state index contributed by atoms with van der Waals surface area (Å²) in [4.78, 5) is 13.9. The maximum atomic E-state index is 12.7. The Hall–Kier alpha value is -2.43. The van der Waals surface area contributed by atoms with Crippen molar-refractivity contribution in [2.24, 2.45) is 0 Å². The van der Waals surface area contributed by atoms with Gasteiger partial charge in [-0.1, -0.05) is 41.9 Å². The first-order chi connectivity index (χ1) is 13.6. The number of halogens is 1. The van der Waals surface area contributed by atoms with Crippen LogP contribution in [0.2, 0.25) is 5.02 Å². The lowest BCUT2D eigenvalue weighted by Crippen LogP contribution is -2.26. The second-order valence-electron chi connectivity index (χ2n) is 6.38. The second-order valence-corrected chi connectivity index (χ2v) is 7.86. The molecule has 0 heterocycles. The Morgan fingerprint density at radius 2 is 1.79 bits per heavy atom. The van der Waals surface area contributed by atoms with Gasteiger partial charge in [-0.2, -0.15) is 0 Å². The Bertz CT molecular complexity index is 929. The highest BCUT2D eigenvalue weighted by molar-refractivity contribution is 7.98. The van der Waals surface area contributed by atoms with Gasteiger partial charge in [-0.05, 0) is 55.0 Å². The molecule has 144 valence electrons. The van der Waals surface area contributed by atoms with Crippen LogP contribution < -0.4 is 10.1 Å². The monoisotopic (exact) mass is 411 g/mol. The van der Waals surface area contributed by atoms with Crippen LogP contribution in [0.15, 0.2) is 77.7 Å². The molecule has 0 saturated heterocycles. The minimum atomic E-state index is -0.117. The van der Waals surface area contributed by atoms with Crippen molar-refractivity contribution in [1.82, 2.24) is 5.32 Å². The minimum Gasteiger partial charge on any atom is -0.496 e. The number of amides is 1. The minimum absolute atomic E-state index is 0.115. The van der Waals surface area contributed by atoms with Crippen LogP contribution in [0.3, 0.4) is 0 Å². The summed E-state index contributed by atoms with van der Waals surface area (Å²) in [5, 5.41) is 3.72. The predicted molar refractivity (Wildman–Crippen MR) is 116 cm³/mol. The molecule has 3 aromatic rings. The summed E-state index contributed by atoms with van der Waals surface area (Å²) in [5.74, 6) is 1.39. The van der Waals surface area contributed by atoms with E-state index in [9.17, 15) is 4.79 Å². The number of thioether (sulfide) groups is 1. The predicted octanol–water partition coefficient (Wildman–Crippen LogP) is 6.13. The van der Waals surface area contributed by atoms with E-state index in [0.29, 0.717) is 10.6 Å². The molecule has 0 unspecified atom stereocenters. The topological polar surface area (TPSA) is 38.3 Å². The quantitative estimate of drug-likeness (QED) is 0.475. The SMILES string of the molecule is COc1ccc(C(=O)N[C@H](C)c2ccc(Cl)cc2)cc1CSc1ccccc1. The lowest BCUT2D eigenvalue weighted by atomic mass is 10.1. The van der Waals surface area contributed by atoms with E-state index in [-0.39, 0.29) is 11.9 Å². The number of methoxy groups -OCH3 is 1. The number of ether oxygens (including phenoxy) is 1. The number of rotatable bonds is 7. The summed E-state index contributed by atoms with van der Waals surface area (Å²) < 4.78 is 5.47. The van der Waals surface area contributed by atoms with Gasteiger partial charge < -0.3 is 10.1 Å². The fraction of sp³-hybridized carbons (Fsp3) is 0.174. The first-order valence-electron chi connectivity index (χ1n) is 8.98. The van der Waals surface area contributed by atoms with Gasteiger partial charge in [0.05, 0.1) is 13.2 Å². The molecule has 0 fully saturated rings. The Labute approximate surface area is 175 Å². The van der Waals surface area contributed by atoms with Crippen molar-refractivity contribution in [2.75, 3.05) is 7.11 Å². The van der Waals surface area contributed by atoms with Crippen LogP contribution in [0.5, 0.6) is 5.75 Å². The van der Waals surface area contributed by atoms with Crippen molar-refractivity contribution in [1.29, 1.82) is 0 Å². The van der Waals surface area contributed by atoms with E-state index < -0.39 is 0 Å². The summed E-state index contributed by atoms with van der Waals surface area (Å²) in [5.41, 5.74) is 2.61. The van der Waals surface area contributed by atoms with E-state index >= 15 is 0 Å². The van der Waals surface area contributed by atoms with Crippen molar-refractivity contribution in [3.05, 3.63) is 94.5 Å². The Balaban J connectivity index is 1.72. The highest BCUT2D eigenvalue weighted by Crippen LogP contribution is 2.29. The van der Waals surface area contributed by atoms with Gasteiger partial charge >= 0.3 is 0 Å². The molecular formula is C23H22ClNO2S. The van der Waals surface area contributed by atoms with Crippen molar-refractivity contribution >= 4 is 29.3 Å². The lowest BCUT2D eigenvalue weighted by Gasteiger charge is -2.16. The standard InChI is InChI=1S/C23H22ClNO2S/c1-16(17-8-11-20(24)12-9-17)25-23(26)18-10-13-22(27-2)19(14-18)15-28-21-6-4-3-5-7-21/h3-14,16H,15H2,1-2H3,(H,25,26)/t16-/m1/s1. The number of hydrogen-bond acceptors (Lipinski definition) is 3. The van der Waals surface area contributed by atoms with Gasteiger partial charge in [0.2, 0.25) is 0 Å². The zero-order valence-corrected chi connectivity index (χ0v) is 17.4. The molecule has 28 heavy (non-hydrogen) atoms. The van der Waals surface area contributed by atoms with Gasteiger partial charge in [-0.25, -0.2) is 0 Å². The van der Waals surface area contributed by atoms with Crippen molar-refractivity contribution < 1.29 is 9.53 Å². The molecule has 0 aliphatic heterocycles. The molecule has 0 bridgehead atoms. The zero-order chi connectivity index (χ0) is 19.9. The smallest absolute Gasteiger partial charge is 0.251 e. The molecule has 5 heteroatoms. The number of carbonyl (C=O) groups is 1. The fourth-order valence-electron chi connectivity index (χ4n) is 2.83. The third-order valence-electron chi connectivity index (χ3n) is 4.40. The Kier molecular flexibility index (Phi) is 7.01. The molecule has 0 saturated carbocycles. The molecule has 1 amide bonds. The zero-order valence-electron chi connectivity index (χ0n) is 15.8. The average Bonchev–Trinajstić information content (AvgIpc) is 2.73. The molecule has 0 aliphatic carbocycles. The first kappa shape index (κ1) is 20.3. The van der Waals surface area contributed by atoms with Crippen LogP contribution in [0.4, 0.5) is 0 Å². The maximum Gasteiger partial charge on any atom is 0.251 e. The van der Waals surface area contributed by atoms with Crippen molar-refractivity contribution in [2.45, 2.75) is 23.6 Å². The lowest BCUT2D eigenvalue weighted by molar-refractivity contribution is 0.0939.